The second kappa shape index (κ2) is 4.20. The van der Waals surface area contributed by atoms with Gasteiger partial charge in [0.05, 0.1) is 12.0 Å². The van der Waals surface area contributed by atoms with Crippen LogP contribution < -0.4 is 0 Å². The summed E-state index contributed by atoms with van der Waals surface area (Å²) in [4.78, 5) is 0. The Balaban J connectivity index is 2.02. The Labute approximate surface area is 107 Å². The summed E-state index contributed by atoms with van der Waals surface area (Å²) in [7, 11) is 0. The van der Waals surface area contributed by atoms with Crippen LogP contribution >= 0.6 is 11.6 Å². The zero-order chi connectivity index (χ0) is 11.8. The molecule has 1 saturated carbocycles. The van der Waals surface area contributed by atoms with Crippen LogP contribution in [0.2, 0.25) is 5.02 Å². The maximum atomic E-state index is 9.40. The Bertz CT molecular complexity index is 500. The van der Waals surface area contributed by atoms with Gasteiger partial charge in [-0.3, -0.25) is 0 Å². The van der Waals surface area contributed by atoms with E-state index in [2.05, 4.69) is 24.3 Å². The summed E-state index contributed by atoms with van der Waals surface area (Å²) in [6.07, 6.45) is 6.91. The summed E-state index contributed by atoms with van der Waals surface area (Å²) in [5.41, 5.74) is 1.23. The maximum absolute atomic E-state index is 9.40. The van der Waals surface area contributed by atoms with Gasteiger partial charge < -0.3 is 0 Å². The molecule has 0 amide bonds. The van der Waals surface area contributed by atoms with Gasteiger partial charge >= 0.3 is 0 Å². The fraction of sp³-hybridized carbons (Fsp3) is 0.400. The van der Waals surface area contributed by atoms with Gasteiger partial charge in [0.1, 0.15) is 0 Å². The smallest absolute Gasteiger partial charge is 0.0668 e. The highest BCUT2D eigenvalue weighted by Crippen LogP contribution is 2.49. The molecule has 3 aliphatic rings. The van der Waals surface area contributed by atoms with Gasteiger partial charge in [0, 0.05) is 10.9 Å². The Morgan fingerprint density at radius 1 is 1.18 bits per heavy atom. The van der Waals surface area contributed by atoms with Crippen molar-refractivity contribution in [2.75, 3.05) is 0 Å². The lowest BCUT2D eigenvalue weighted by Crippen LogP contribution is -2.34. The van der Waals surface area contributed by atoms with E-state index in [1.165, 1.54) is 12.0 Å². The minimum atomic E-state index is 0.122. The third kappa shape index (κ3) is 1.77. The van der Waals surface area contributed by atoms with Crippen LogP contribution in [-0.4, -0.2) is 0 Å². The lowest BCUT2D eigenvalue weighted by atomic mass is 9.61. The molecular weight excluding hydrogens is 230 g/mol. The molecule has 2 bridgehead atoms. The number of benzene rings is 1. The van der Waals surface area contributed by atoms with Crippen molar-refractivity contribution in [3.8, 4) is 6.07 Å². The van der Waals surface area contributed by atoms with E-state index in [1.807, 2.05) is 18.2 Å². The van der Waals surface area contributed by atoms with Gasteiger partial charge in [-0.25, -0.2) is 0 Å². The number of nitrogens with zero attached hydrogens (tertiary/aromatic N) is 1. The molecule has 1 aromatic carbocycles. The molecule has 0 spiro atoms. The van der Waals surface area contributed by atoms with Crippen LogP contribution in [0.15, 0.2) is 36.4 Å². The van der Waals surface area contributed by atoms with Crippen molar-refractivity contribution in [2.45, 2.75) is 18.8 Å². The molecule has 17 heavy (non-hydrogen) atoms. The Kier molecular flexibility index (Phi) is 2.68. The molecule has 4 rings (SSSR count). The molecule has 1 fully saturated rings. The van der Waals surface area contributed by atoms with Crippen molar-refractivity contribution in [3.63, 3.8) is 0 Å². The summed E-state index contributed by atoms with van der Waals surface area (Å²) in [6.45, 7) is 0. The molecule has 0 radical (unpaired) electrons. The lowest BCUT2D eigenvalue weighted by Gasteiger charge is -2.42. The number of allylic oxidation sites excluding steroid dienone is 2. The van der Waals surface area contributed by atoms with Crippen LogP contribution in [0.25, 0.3) is 0 Å². The molecule has 2 heteroatoms. The highest BCUT2D eigenvalue weighted by atomic mass is 35.5. The molecule has 86 valence electrons. The van der Waals surface area contributed by atoms with Gasteiger partial charge in [0.15, 0.2) is 0 Å². The van der Waals surface area contributed by atoms with Crippen molar-refractivity contribution in [2.24, 2.45) is 17.8 Å². The average molecular weight is 244 g/mol. The Morgan fingerprint density at radius 2 is 1.94 bits per heavy atom. The normalized spacial score (nSPS) is 34.6. The molecule has 4 atom stereocenters. The van der Waals surface area contributed by atoms with Gasteiger partial charge in [0.25, 0.3) is 0 Å². The van der Waals surface area contributed by atoms with Crippen molar-refractivity contribution < 1.29 is 0 Å². The van der Waals surface area contributed by atoms with Crippen molar-refractivity contribution in [3.05, 3.63) is 47.0 Å². The van der Waals surface area contributed by atoms with Crippen LogP contribution in [0.3, 0.4) is 0 Å². The van der Waals surface area contributed by atoms with Gasteiger partial charge in [-0.05, 0) is 42.4 Å². The van der Waals surface area contributed by atoms with E-state index in [0.29, 0.717) is 17.8 Å². The first-order valence-corrected chi connectivity index (χ1v) is 6.51. The molecule has 0 saturated heterocycles. The maximum Gasteiger partial charge on any atom is 0.0668 e. The molecule has 0 aliphatic heterocycles. The average Bonchev–Trinajstić information content (AvgIpc) is 2.39. The number of hydrogen-bond donors (Lipinski definition) is 0. The van der Waals surface area contributed by atoms with Crippen LogP contribution in [0.5, 0.6) is 0 Å². The fourth-order valence-electron chi connectivity index (χ4n) is 3.34. The summed E-state index contributed by atoms with van der Waals surface area (Å²) in [5, 5.41) is 10.2. The number of nitriles is 1. The summed E-state index contributed by atoms with van der Waals surface area (Å²) < 4.78 is 0. The van der Waals surface area contributed by atoms with Crippen molar-refractivity contribution in [1.82, 2.24) is 0 Å². The largest absolute Gasteiger partial charge is 0.198 e. The van der Waals surface area contributed by atoms with Crippen LogP contribution in [-0.2, 0) is 0 Å². The molecular formula is C15H14ClN. The van der Waals surface area contributed by atoms with Crippen molar-refractivity contribution in [1.29, 1.82) is 5.26 Å². The number of halogens is 1. The zero-order valence-electron chi connectivity index (χ0n) is 9.51. The van der Waals surface area contributed by atoms with E-state index >= 15 is 0 Å². The van der Waals surface area contributed by atoms with Crippen molar-refractivity contribution >= 4 is 11.6 Å². The molecule has 0 aromatic heterocycles. The first-order chi connectivity index (χ1) is 8.29. The quantitative estimate of drug-likeness (QED) is 0.680. The standard InChI is InChI=1S/C15H14ClN/c16-13-3-1-2-12(8-13)15-11-6-4-10(5-7-11)14(15)9-17/h1-4,6,8,10-11,14-15H,5,7H2/t10-,11+,14-,15-/m1/s1. The molecule has 0 unspecified atom stereocenters. The van der Waals surface area contributed by atoms with Gasteiger partial charge in [-0.2, -0.15) is 5.26 Å². The molecule has 1 nitrogen and oxygen atoms in total. The van der Waals surface area contributed by atoms with E-state index in [1.54, 1.807) is 0 Å². The summed E-state index contributed by atoms with van der Waals surface area (Å²) in [6, 6.07) is 10.5. The Hall–Kier alpha value is -1.26. The predicted octanol–water partition coefficient (Wildman–Crippen LogP) is 4.16. The van der Waals surface area contributed by atoms with Crippen LogP contribution in [0, 0.1) is 29.1 Å². The SMILES string of the molecule is N#C[C@H]1[C@@H](c2cccc(Cl)c2)[C@H]2C=C[C@@H]1CC2. The number of hydrogen-bond acceptors (Lipinski definition) is 1. The minimum Gasteiger partial charge on any atom is -0.198 e. The van der Waals surface area contributed by atoms with E-state index < -0.39 is 0 Å². The molecule has 3 aliphatic carbocycles. The zero-order valence-corrected chi connectivity index (χ0v) is 10.3. The number of rotatable bonds is 1. The van der Waals surface area contributed by atoms with Gasteiger partial charge in [-0.1, -0.05) is 35.9 Å². The van der Waals surface area contributed by atoms with E-state index in [0.717, 1.165) is 11.4 Å². The minimum absolute atomic E-state index is 0.122. The highest BCUT2D eigenvalue weighted by molar-refractivity contribution is 6.30. The Morgan fingerprint density at radius 3 is 2.59 bits per heavy atom. The summed E-state index contributed by atoms with van der Waals surface area (Å²) >= 11 is 6.06. The van der Waals surface area contributed by atoms with Gasteiger partial charge in [-0.15, -0.1) is 0 Å². The van der Waals surface area contributed by atoms with E-state index in [4.69, 9.17) is 11.6 Å². The van der Waals surface area contributed by atoms with Crippen LogP contribution in [0.4, 0.5) is 0 Å². The third-order valence-corrected chi connectivity index (χ3v) is 4.37. The lowest BCUT2D eigenvalue weighted by molar-refractivity contribution is 0.225. The first kappa shape index (κ1) is 10.9. The van der Waals surface area contributed by atoms with E-state index in [-0.39, 0.29) is 5.92 Å². The highest BCUT2D eigenvalue weighted by Gasteiger charge is 2.41. The second-order valence-corrected chi connectivity index (χ2v) is 5.46. The second-order valence-electron chi connectivity index (χ2n) is 5.03. The monoisotopic (exact) mass is 243 g/mol. The predicted molar refractivity (Wildman–Crippen MR) is 68.7 cm³/mol. The van der Waals surface area contributed by atoms with E-state index in [9.17, 15) is 5.26 Å². The number of fused-ring (bicyclic) bond motifs is 2. The fourth-order valence-corrected chi connectivity index (χ4v) is 3.54. The topological polar surface area (TPSA) is 23.8 Å². The molecule has 1 aromatic rings. The third-order valence-electron chi connectivity index (χ3n) is 4.13. The summed E-state index contributed by atoms with van der Waals surface area (Å²) in [5.74, 6) is 1.41. The molecule has 0 heterocycles. The molecule has 0 N–H and O–H groups in total. The van der Waals surface area contributed by atoms with Crippen LogP contribution in [0.1, 0.15) is 24.3 Å². The van der Waals surface area contributed by atoms with Gasteiger partial charge in [0.2, 0.25) is 0 Å². The first-order valence-electron chi connectivity index (χ1n) is 6.13.